The van der Waals surface area contributed by atoms with E-state index in [-0.39, 0.29) is 12.1 Å². The molecule has 1 aromatic carbocycles. The normalized spacial score (nSPS) is 18.9. The van der Waals surface area contributed by atoms with Crippen LogP contribution in [0.5, 0.6) is 0 Å². The summed E-state index contributed by atoms with van der Waals surface area (Å²) in [5.41, 5.74) is 3.10. The molecule has 1 heterocycles. The van der Waals surface area contributed by atoms with Crippen molar-refractivity contribution in [2.45, 2.75) is 33.8 Å². The van der Waals surface area contributed by atoms with Crippen molar-refractivity contribution in [3.05, 3.63) is 29.3 Å². The van der Waals surface area contributed by atoms with Gasteiger partial charge in [-0.1, -0.05) is 19.9 Å². The van der Waals surface area contributed by atoms with Gasteiger partial charge in [-0.3, -0.25) is 4.90 Å². The molecule has 1 atom stereocenters. The predicted octanol–water partition coefficient (Wildman–Crippen LogP) is 2.78. The summed E-state index contributed by atoms with van der Waals surface area (Å²) in [6.45, 7) is 12.7. The average molecular weight is 319 g/mol. The molecule has 1 fully saturated rings. The number of nitrogens with zero attached hydrogens (tertiary/aromatic N) is 1. The lowest BCUT2D eigenvalue weighted by Gasteiger charge is -2.33. The zero-order chi connectivity index (χ0) is 16.8. The minimum absolute atomic E-state index is 0.0625. The minimum atomic E-state index is -0.181. The summed E-state index contributed by atoms with van der Waals surface area (Å²) >= 11 is 0. The number of carbonyl (C=O) groups is 1. The van der Waals surface area contributed by atoms with E-state index in [1.165, 1.54) is 0 Å². The molecule has 1 aliphatic heterocycles. The molecule has 0 bridgehead atoms. The summed E-state index contributed by atoms with van der Waals surface area (Å²) in [5.74, 6) is 0.648. The van der Waals surface area contributed by atoms with Crippen molar-refractivity contribution in [3.8, 4) is 0 Å². The van der Waals surface area contributed by atoms with Crippen LogP contribution in [0.1, 0.15) is 25.0 Å². The zero-order valence-electron chi connectivity index (χ0n) is 14.7. The lowest BCUT2D eigenvalue weighted by Crippen LogP contribution is -2.48. The Morgan fingerprint density at radius 3 is 2.65 bits per heavy atom. The molecule has 0 saturated carbocycles. The second kappa shape index (κ2) is 8.31. The molecule has 0 aliphatic carbocycles. The van der Waals surface area contributed by atoms with Crippen molar-refractivity contribution in [3.63, 3.8) is 0 Å². The molecule has 23 heavy (non-hydrogen) atoms. The number of ether oxygens (including phenoxy) is 1. The molecule has 0 spiro atoms. The van der Waals surface area contributed by atoms with Gasteiger partial charge in [0.1, 0.15) is 0 Å². The highest BCUT2D eigenvalue weighted by Crippen LogP contribution is 2.13. The molecule has 128 valence electrons. The summed E-state index contributed by atoms with van der Waals surface area (Å²) in [4.78, 5) is 14.5. The van der Waals surface area contributed by atoms with E-state index >= 15 is 0 Å². The van der Waals surface area contributed by atoms with Crippen LogP contribution in [0.25, 0.3) is 0 Å². The summed E-state index contributed by atoms with van der Waals surface area (Å²) in [6, 6.07) is 5.84. The third-order valence-electron chi connectivity index (χ3n) is 3.82. The molecule has 1 aliphatic rings. The van der Waals surface area contributed by atoms with Gasteiger partial charge in [0.25, 0.3) is 0 Å². The fraction of sp³-hybridized carbons (Fsp3) is 0.611. The topological polar surface area (TPSA) is 53.6 Å². The van der Waals surface area contributed by atoms with Gasteiger partial charge in [-0.15, -0.1) is 0 Å². The number of rotatable bonds is 5. The van der Waals surface area contributed by atoms with Gasteiger partial charge in [0.2, 0.25) is 0 Å². The van der Waals surface area contributed by atoms with E-state index in [1.54, 1.807) is 0 Å². The van der Waals surface area contributed by atoms with Crippen molar-refractivity contribution in [1.82, 2.24) is 10.2 Å². The van der Waals surface area contributed by atoms with Crippen molar-refractivity contribution in [1.29, 1.82) is 0 Å². The van der Waals surface area contributed by atoms with Crippen molar-refractivity contribution in [2.75, 3.05) is 38.1 Å². The summed E-state index contributed by atoms with van der Waals surface area (Å²) in [5, 5.41) is 5.80. The van der Waals surface area contributed by atoms with E-state index < -0.39 is 0 Å². The molecule has 1 saturated heterocycles. The van der Waals surface area contributed by atoms with Crippen LogP contribution >= 0.6 is 0 Å². The first-order valence-electron chi connectivity index (χ1n) is 8.39. The Labute approximate surface area is 139 Å². The lowest BCUT2D eigenvalue weighted by atomic mass is 10.1. The molecule has 2 rings (SSSR count). The Morgan fingerprint density at radius 2 is 2.00 bits per heavy atom. The van der Waals surface area contributed by atoms with Gasteiger partial charge in [-0.25, -0.2) is 4.79 Å². The third kappa shape index (κ3) is 6.20. The number of aryl methyl sites for hydroxylation is 2. The summed E-state index contributed by atoms with van der Waals surface area (Å²) in [6.07, 6.45) is 0.0625. The number of carbonyl (C=O) groups excluding carboxylic acids is 1. The minimum Gasteiger partial charge on any atom is -0.374 e. The number of anilines is 1. The first-order chi connectivity index (χ1) is 10.9. The lowest BCUT2D eigenvalue weighted by molar-refractivity contribution is -0.0288. The van der Waals surface area contributed by atoms with Crippen LogP contribution in [-0.2, 0) is 4.74 Å². The summed E-state index contributed by atoms with van der Waals surface area (Å²) in [7, 11) is 0. The van der Waals surface area contributed by atoms with E-state index in [4.69, 9.17) is 4.74 Å². The predicted molar refractivity (Wildman–Crippen MR) is 94.0 cm³/mol. The Kier molecular flexibility index (Phi) is 6.42. The van der Waals surface area contributed by atoms with Crippen LogP contribution in [0.2, 0.25) is 0 Å². The molecule has 2 amide bonds. The van der Waals surface area contributed by atoms with Gasteiger partial charge in [-0.05, 0) is 43.0 Å². The largest absolute Gasteiger partial charge is 0.374 e. The number of morpholine rings is 1. The Hall–Kier alpha value is -1.59. The van der Waals surface area contributed by atoms with Gasteiger partial charge < -0.3 is 15.4 Å². The smallest absolute Gasteiger partial charge is 0.319 e. The average Bonchev–Trinajstić information content (AvgIpc) is 2.43. The fourth-order valence-electron chi connectivity index (χ4n) is 3.01. The number of hydrogen-bond donors (Lipinski definition) is 2. The standard InChI is InChI=1S/C18H29N3O2/c1-13(2)11-21-5-6-23-17(12-21)10-19-18(22)20-16-8-14(3)7-15(4)9-16/h7-9,13,17H,5-6,10-12H2,1-4H3,(H2,19,20,22). The molecular formula is C18H29N3O2. The van der Waals surface area contributed by atoms with Gasteiger partial charge in [0, 0.05) is 31.9 Å². The zero-order valence-corrected chi connectivity index (χ0v) is 14.7. The fourth-order valence-corrected chi connectivity index (χ4v) is 3.01. The quantitative estimate of drug-likeness (QED) is 0.877. The first kappa shape index (κ1) is 17.8. The van der Waals surface area contributed by atoms with Crippen LogP contribution in [0.4, 0.5) is 10.5 Å². The number of urea groups is 1. The molecule has 5 nitrogen and oxygen atoms in total. The molecular weight excluding hydrogens is 290 g/mol. The molecule has 0 radical (unpaired) electrons. The van der Waals surface area contributed by atoms with E-state index in [0.29, 0.717) is 12.5 Å². The van der Waals surface area contributed by atoms with E-state index in [2.05, 4.69) is 35.4 Å². The molecule has 5 heteroatoms. The summed E-state index contributed by atoms with van der Waals surface area (Å²) < 4.78 is 5.74. The van der Waals surface area contributed by atoms with Crippen LogP contribution in [0.3, 0.4) is 0 Å². The first-order valence-corrected chi connectivity index (χ1v) is 8.39. The number of amides is 2. The van der Waals surface area contributed by atoms with Gasteiger partial charge >= 0.3 is 6.03 Å². The number of hydrogen-bond acceptors (Lipinski definition) is 3. The highest BCUT2D eigenvalue weighted by Gasteiger charge is 2.21. The molecule has 2 N–H and O–H groups in total. The maximum atomic E-state index is 12.0. The SMILES string of the molecule is Cc1cc(C)cc(NC(=O)NCC2CN(CC(C)C)CCO2)c1. The van der Waals surface area contributed by atoms with E-state index in [0.717, 1.165) is 43.1 Å². The van der Waals surface area contributed by atoms with Crippen LogP contribution in [0.15, 0.2) is 18.2 Å². The molecule has 1 aromatic rings. The van der Waals surface area contributed by atoms with Crippen LogP contribution < -0.4 is 10.6 Å². The second-order valence-electron chi connectivity index (χ2n) is 6.86. The van der Waals surface area contributed by atoms with Crippen molar-refractivity contribution >= 4 is 11.7 Å². The monoisotopic (exact) mass is 319 g/mol. The van der Waals surface area contributed by atoms with Crippen molar-refractivity contribution in [2.24, 2.45) is 5.92 Å². The third-order valence-corrected chi connectivity index (χ3v) is 3.82. The Morgan fingerprint density at radius 1 is 1.30 bits per heavy atom. The van der Waals surface area contributed by atoms with Crippen molar-refractivity contribution < 1.29 is 9.53 Å². The highest BCUT2D eigenvalue weighted by molar-refractivity contribution is 5.89. The number of nitrogens with one attached hydrogen (secondary N) is 2. The number of benzene rings is 1. The highest BCUT2D eigenvalue weighted by atomic mass is 16.5. The molecule has 0 aromatic heterocycles. The van der Waals surface area contributed by atoms with Gasteiger partial charge in [-0.2, -0.15) is 0 Å². The van der Waals surface area contributed by atoms with Crippen LogP contribution in [0, 0.1) is 19.8 Å². The van der Waals surface area contributed by atoms with Gasteiger partial charge in [0.05, 0.1) is 12.7 Å². The van der Waals surface area contributed by atoms with E-state index in [1.807, 2.05) is 26.0 Å². The van der Waals surface area contributed by atoms with E-state index in [9.17, 15) is 4.79 Å². The van der Waals surface area contributed by atoms with Gasteiger partial charge in [0.15, 0.2) is 0 Å². The van der Waals surface area contributed by atoms with Crippen LogP contribution in [-0.4, -0.2) is 49.8 Å². The molecule has 1 unspecified atom stereocenters. The Bertz CT molecular complexity index is 511. The maximum Gasteiger partial charge on any atom is 0.319 e. The maximum absolute atomic E-state index is 12.0. The second-order valence-corrected chi connectivity index (χ2v) is 6.86. The Balaban J connectivity index is 1.77.